The summed E-state index contributed by atoms with van der Waals surface area (Å²) in [6.07, 6.45) is 3.09. The van der Waals surface area contributed by atoms with Crippen LogP contribution in [0.5, 0.6) is 0 Å². The number of thioether (sulfide) groups is 1. The highest BCUT2D eigenvalue weighted by Gasteiger charge is 2.38. The lowest BCUT2D eigenvalue weighted by atomic mass is 9.90. The van der Waals surface area contributed by atoms with Crippen molar-refractivity contribution >= 4 is 29.9 Å². The number of aliphatic hydroxyl groups is 1. The van der Waals surface area contributed by atoms with E-state index in [4.69, 9.17) is 10.7 Å². The molecule has 0 bridgehead atoms. The number of aromatic nitrogens is 1. The normalized spacial score (nSPS) is 17.6. The lowest BCUT2D eigenvalue weighted by Gasteiger charge is -2.39. The number of nitrogens with zero attached hydrogens (tertiary/aromatic N) is 4. The van der Waals surface area contributed by atoms with E-state index < -0.39 is 16.8 Å². The number of amides is 2. The van der Waals surface area contributed by atoms with Crippen LogP contribution >= 0.6 is 11.8 Å². The fourth-order valence-corrected chi connectivity index (χ4v) is 5.50. The molecule has 1 aliphatic heterocycles. The number of carbonyl (C=O) groups is 2. The van der Waals surface area contributed by atoms with Crippen molar-refractivity contribution in [3.8, 4) is 12.1 Å². The Kier molecular flexibility index (Phi) is 7.25. The van der Waals surface area contributed by atoms with Crippen molar-refractivity contribution < 1.29 is 14.7 Å². The van der Waals surface area contributed by atoms with Crippen molar-refractivity contribution in [1.29, 1.82) is 10.5 Å². The van der Waals surface area contributed by atoms with Crippen molar-refractivity contribution in [2.45, 2.75) is 47.5 Å². The summed E-state index contributed by atoms with van der Waals surface area (Å²) in [7, 11) is 0. The van der Waals surface area contributed by atoms with Crippen LogP contribution in [0.1, 0.15) is 59.1 Å². The molecule has 1 aromatic carbocycles. The van der Waals surface area contributed by atoms with Gasteiger partial charge in [0, 0.05) is 19.6 Å². The van der Waals surface area contributed by atoms with Gasteiger partial charge < -0.3 is 21.1 Å². The molecule has 4 N–H and O–H groups in total. The summed E-state index contributed by atoms with van der Waals surface area (Å²) in [4.78, 5) is 29.7. The van der Waals surface area contributed by atoms with Gasteiger partial charge in [-0.3, -0.25) is 9.59 Å². The molecule has 1 aromatic heterocycles. The fraction of sp³-hybridized carbons (Fsp3) is 0.400. The summed E-state index contributed by atoms with van der Waals surface area (Å²) in [5.74, 6) is 0.0109. The minimum absolute atomic E-state index is 0.0997. The molecular formula is C25H26N6O3S. The zero-order valence-corrected chi connectivity index (χ0v) is 19.9. The lowest BCUT2D eigenvalue weighted by Crippen LogP contribution is -2.50. The Morgan fingerprint density at radius 2 is 1.91 bits per heavy atom. The highest BCUT2D eigenvalue weighted by molar-refractivity contribution is 8.00. The number of nitriles is 2. The van der Waals surface area contributed by atoms with E-state index in [0.29, 0.717) is 65.4 Å². The Labute approximate surface area is 207 Å². The maximum atomic E-state index is 12.4. The molecule has 2 heterocycles. The van der Waals surface area contributed by atoms with Crippen LogP contribution in [-0.2, 0) is 9.59 Å². The largest absolute Gasteiger partial charge is 0.388 e. The molecule has 9 nitrogen and oxygen atoms in total. The summed E-state index contributed by atoms with van der Waals surface area (Å²) in [6.45, 7) is 1.01. The van der Waals surface area contributed by atoms with Crippen LogP contribution in [0.15, 0.2) is 35.4 Å². The van der Waals surface area contributed by atoms with Crippen molar-refractivity contribution in [3.05, 3.63) is 52.6 Å². The van der Waals surface area contributed by atoms with E-state index in [1.807, 2.05) is 23.1 Å². The number of pyridine rings is 1. The first-order valence-corrected chi connectivity index (χ1v) is 12.3. The van der Waals surface area contributed by atoms with Gasteiger partial charge in [-0.05, 0) is 42.7 Å². The summed E-state index contributed by atoms with van der Waals surface area (Å²) in [5.41, 5.74) is 6.79. The number of anilines is 1. The van der Waals surface area contributed by atoms with Crippen LogP contribution in [0.25, 0.3) is 0 Å². The Hall–Kier alpha value is -3.60. The molecule has 180 valence electrons. The molecule has 1 unspecified atom stereocenters. The average Bonchev–Trinajstić information content (AvgIpc) is 3.71. The molecule has 1 atom stereocenters. The second-order valence-corrected chi connectivity index (χ2v) is 10.0. The minimum Gasteiger partial charge on any atom is -0.388 e. The first kappa shape index (κ1) is 24.5. The minimum atomic E-state index is -1.03. The van der Waals surface area contributed by atoms with E-state index in [2.05, 4.69) is 17.5 Å². The SMILES string of the molecule is N#Cc1c(SC(C(N)=O)c2ccccc2)nc(N2CCC(O)(CNC=O)CC2)c(C#N)c1C1CC1. The molecule has 35 heavy (non-hydrogen) atoms. The number of hydrogen-bond acceptors (Lipinski definition) is 8. The van der Waals surface area contributed by atoms with Crippen LogP contribution in [0.2, 0.25) is 0 Å². The number of carbonyl (C=O) groups excluding carboxylic acids is 2. The van der Waals surface area contributed by atoms with Crippen LogP contribution in [0.4, 0.5) is 5.82 Å². The molecule has 1 saturated heterocycles. The third-order valence-corrected chi connectivity index (χ3v) is 7.75. The van der Waals surface area contributed by atoms with Gasteiger partial charge in [0.15, 0.2) is 0 Å². The van der Waals surface area contributed by atoms with Crippen molar-refractivity contribution in [1.82, 2.24) is 10.3 Å². The van der Waals surface area contributed by atoms with E-state index in [0.717, 1.165) is 24.6 Å². The number of primary amides is 1. The number of piperidine rings is 1. The number of benzene rings is 1. The van der Waals surface area contributed by atoms with Crippen LogP contribution in [-0.4, -0.2) is 47.6 Å². The number of hydrogen-bond donors (Lipinski definition) is 3. The smallest absolute Gasteiger partial charge is 0.235 e. The van der Waals surface area contributed by atoms with E-state index in [1.165, 1.54) is 0 Å². The zero-order chi connectivity index (χ0) is 25.0. The number of rotatable bonds is 9. The molecule has 2 aliphatic rings. The van der Waals surface area contributed by atoms with Gasteiger partial charge in [0.1, 0.15) is 28.2 Å². The van der Waals surface area contributed by atoms with Crippen LogP contribution < -0.4 is 16.0 Å². The maximum Gasteiger partial charge on any atom is 0.235 e. The molecule has 4 rings (SSSR count). The second kappa shape index (κ2) is 10.3. The Bertz CT molecular complexity index is 1190. The van der Waals surface area contributed by atoms with E-state index in [-0.39, 0.29) is 12.5 Å². The number of nitrogens with one attached hydrogen (secondary N) is 1. The Morgan fingerprint density at radius 3 is 2.46 bits per heavy atom. The van der Waals surface area contributed by atoms with E-state index >= 15 is 0 Å². The van der Waals surface area contributed by atoms with E-state index in [9.17, 15) is 25.2 Å². The predicted octanol–water partition coefficient (Wildman–Crippen LogP) is 2.10. The van der Waals surface area contributed by atoms with Gasteiger partial charge in [-0.2, -0.15) is 10.5 Å². The van der Waals surface area contributed by atoms with Gasteiger partial charge in [-0.25, -0.2) is 4.98 Å². The van der Waals surface area contributed by atoms with Crippen LogP contribution in [0, 0.1) is 22.7 Å². The standard InChI is InChI=1S/C25H26N6O3S/c26-12-18-20(16-6-7-16)19(13-27)24(35-21(22(28)33)17-4-2-1-3-5-17)30-23(18)31-10-8-25(34,9-11-31)14-29-15-32/h1-5,15-16,21,34H,6-11,14H2,(H2,28,33)(H,29,32). The van der Waals surface area contributed by atoms with Gasteiger partial charge >= 0.3 is 0 Å². The molecule has 0 radical (unpaired) electrons. The average molecular weight is 491 g/mol. The summed E-state index contributed by atoms with van der Waals surface area (Å²) < 4.78 is 0. The summed E-state index contributed by atoms with van der Waals surface area (Å²) >= 11 is 1.13. The Morgan fingerprint density at radius 1 is 1.26 bits per heavy atom. The lowest BCUT2D eigenvalue weighted by molar-refractivity contribution is -0.117. The van der Waals surface area contributed by atoms with Gasteiger partial charge in [0.25, 0.3) is 0 Å². The molecule has 0 spiro atoms. The Balaban J connectivity index is 1.74. The summed E-state index contributed by atoms with van der Waals surface area (Å²) in [5, 5.41) is 33.1. The van der Waals surface area contributed by atoms with Crippen LogP contribution in [0.3, 0.4) is 0 Å². The molecule has 1 saturated carbocycles. The monoisotopic (exact) mass is 490 g/mol. The third-order valence-electron chi connectivity index (χ3n) is 6.49. The van der Waals surface area contributed by atoms with Crippen molar-refractivity contribution in [2.75, 3.05) is 24.5 Å². The van der Waals surface area contributed by atoms with Gasteiger partial charge in [0.05, 0.1) is 16.7 Å². The molecule has 2 fully saturated rings. The summed E-state index contributed by atoms with van der Waals surface area (Å²) in [6, 6.07) is 13.6. The first-order chi connectivity index (χ1) is 16.9. The third kappa shape index (κ3) is 5.24. The van der Waals surface area contributed by atoms with E-state index in [1.54, 1.807) is 12.1 Å². The molecule has 2 aromatic rings. The molecule has 10 heteroatoms. The predicted molar refractivity (Wildman–Crippen MR) is 130 cm³/mol. The molecular weight excluding hydrogens is 464 g/mol. The van der Waals surface area contributed by atoms with Gasteiger partial charge in [-0.1, -0.05) is 42.1 Å². The number of nitrogens with two attached hydrogens (primary N) is 1. The molecule has 2 amide bonds. The second-order valence-electron chi connectivity index (χ2n) is 8.92. The van der Waals surface area contributed by atoms with Gasteiger partial charge in [0.2, 0.25) is 12.3 Å². The van der Waals surface area contributed by atoms with Crippen molar-refractivity contribution in [3.63, 3.8) is 0 Å². The highest BCUT2D eigenvalue weighted by Crippen LogP contribution is 2.48. The zero-order valence-electron chi connectivity index (χ0n) is 19.1. The van der Waals surface area contributed by atoms with Crippen molar-refractivity contribution in [2.24, 2.45) is 5.73 Å². The fourth-order valence-electron chi connectivity index (χ4n) is 4.45. The quantitative estimate of drug-likeness (QED) is 0.356. The highest BCUT2D eigenvalue weighted by atomic mass is 32.2. The molecule has 1 aliphatic carbocycles. The first-order valence-electron chi connectivity index (χ1n) is 11.4. The van der Waals surface area contributed by atoms with Gasteiger partial charge in [-0.15, -0.1) is 0 Å². The topological polar surface area (TPSA) is 156 Å². The maximum absolute atomic E-state index is 12.4.